The van der Waals surface area contributed by atoms with Crippen molar-refractivity contribution in [2.75, 3.05) is 5.32 Å². The molecule has 2 aromatic heterocycles. The standard InChI is InChI=1S/C10H12N6O3S/c1-5(17)12-10-13-6(4-20-10)3-16-7(2-11)8(9(18)19)14-15-16/h4H,2-3,11H2,1H3,(H,18,19)(H,12,13,17). The lowest BCUT2D eigenvalue weighted by Crippen LogP contribution is -2.13. The van der Waals surface area contributed by atoms with Crippen LogP contribution in [0, 0.1) is 0 Å². The van der Waals surface area contributed by atoms with Crippen LogP contribution in [0.4, 0.5) is 5.13 Å². The first-order valence-corrected chi connectivity index (χ1v) is 6.47. The van der Waals surface area contributed by atoms with E-state index >= 15 is 0 Å². The topological polar surface area (TPSA) is 136 Å². The molecule has 0 radical (unpaired) electrons. The summed E-state index contributed by atoms with van der Waals surface area (Å²) in [5.74, 6) is -1.38. The summed E-state index contributed by atoms with van der Waals surface area (Å²) in [6.07, 6.45) is 0. The fraction of sp³-hybridized carbons (Fsp3) is 0.300. The SMILES string of the molecule is CC(=O)Nc1nc(Cn2nnc(C(=O)O)c2CN)cs1. The molecule has 2 aromatic rings. The molecule has 4 N–H and O–H groups in total. The highest BCUT2D eigenvalue weighted by molar-refractivity contribution is 7.13. The van der Waals surface area contributed by atoms with Gasteiger partial charge in [-0.2, -0.15) is 0 Å². The Balaban J connectivity index is 2.19. The van der Waals surface area contributed by atoms with E-state index in [1.165, 1.54) is 22.9 Å². The number of amides is 1. The number of anilines is 1. The van der Waals surface area contributed by atoms with Crippen LogP contribution in [-0.2, 0) is 17.9 Å². The summed E-state index contributed by atoms with van der Waals surface area (Å²) < 4.78 is 1.38. The predicted octanol–water partition coefficient (Wildman–Crippen LogP) is -0.102. The third kappa shape index (κ3) is 2.97. The first-order chi connectivity index (χ1) is 9.51. The van der Waals surface area contributed by atoms with Gasteiger partial charge in [-0.3, -0.25) is 4.79 Å². The Hall–Kier alpha value is -2.33. The molecule has 0 aliphatic carbocycles. The van der Waals surface area contributed by atoms with Gasteiger partial charge in [0.15, 0.2) is 10.8 Å². The molecule has 10 heteroatoms. The molecule has 0 aromatic carbocycles. The van der Waals surface area contributed by atoms with Gasteiger partial charge in [-0.05, 0) is 0 Å². The molecule has 0 unspecified atom stereocenters. The lowest BCUT2D eigenvalue weighted by Gasteiger charge is -2.02. The molecule has 0 atom stereocenters. The van der Waals surface area contributed by atoms with Crippen molar-refractivity contribution in [2.45, 2.75) is 20.0 Å². The van der Waals surface area contributed by atoms with Crippen LogP contribution in [0.25, 0.3) is 0 Å². The van der Waals surface area contributed by atoms with Gasteiger partial charge in [0.05, 0.1) is 17.9 Å². The molecule has 0 spiro atoms. The number of carboxylic acid groups (broad SMARTS) is 1. The van der Waals surface area contributed by atoms with Gasteiger partial charge in [0.1, 0.15) is 0 Å². The first kappa shape index (κ1) is 14.1. The van der Waals surface area contributed by atoms with Crippen molar-refractivity contribution in [3.05, 3.63) is 22.5 Å². The van der Waals surface area contributed by atoms with E-state index in [2.05, 4.69) is 20.6 Å². The van der Waals surface area contributed by atoms with Gasteiger partial charge >= 0.3 is 5.97 Å². The number of rotatable bonds is 5. The van der Waals surface area contributed by atoms with Crippen LogP contribution in [-0.4, -0.2) is 37.0 Å². The molecule has 0 aliphatic heterocycles. The smallest absolute Gasteiger partial charge is 0.358 e. The summed E-state index contributed by atoms with van der Waals surface area (Å²) in [6, 6.07) is 0. The van der Waals surface area contributed by atoms with E-state index in [-0.39, 0.29) is 24.7 Å². The van der Waals surface area contributed by atoms with E-state index in [1.807, 2.05) is 0 Å². The summed E-state index contributed by atoms with van der Waals surface area (Å²) in [5.41, 5.74) is 6.32. The van der Waals surface area contributed by atoms with Crippen molar-refractivity contribution in [1.82, 2.24) is 20.0 Å². The Bertz CT molecular complexity index is 649. The third-order valence-corrected chi connectivity index (χ3v) is 3.19. The lowest BCUT2D eigenvalue weighted by molar-refractivity contribution is -0.114. The maximum absolute atomic E-state index is 10.9. The van der Waals surface area contributed by atoms with Gasteiger partial charge in [0.2, 0.25) is 5.91 Å². The van der Waals surface area contributed by atoms with Crippen molar-refractivity contribution in [1.29, 1.82) is 0 Å². The van der Waals surface area contributed by atoms with E-state index in [0.29, 0.717) is 16.5 Å². The molecule has 2 rings (SSSR count). The average molecular weight is 296 g/mol. The summed E-state index contributed by atoms with van der Waals surface area (Å²) in [6.45, 7) is 1.64. The van der Waals surface area contributed by atoms with Crippen LogP contribution in [0.5, 0.6) is 0 Å². The number of carbonyl (C=O) groups excluding carboxylic acids is 1. The maximum Gasteiger partial charge on any atom is 0.358 e. The van der Waals surface area contributed by atoms with E-state index in [9.17, 15) is 9.59 Å². The molecule has 0 saturated carbocycles. The van der Waals surface area contributed by atoms with E-state index in [4.69, 9.17) is 10.8 Å². The summed E-state index contributed by atoms with van der Waals surface area (Å²) in [5, 5.41) is 21.1. The second kappa shape index (κ2) is 5.75. The number of thiazole rings is 1. The number of nitrogens with one attached hydrogen (secondary N) is 1. The maximum atomic E-state index is 10.9. The molecule has 0 aliphatic rings. The normalized spacial score (nSPS) is 10.5. The Labute approximate surface area is 117 Å². The van der Waals surface area contributed by atoms with Crippen LogP contribution in [0.3, 0.4) is 0 Å². The van der Waals surface area contributed by atoms with Crippen molar-refractivity contribution >= 4 is 28.3 Å². The third-order valence-electron chi connectivity index (χ3n) is 2.38. The zero-order chi connectivity index (χ0) is 14.7. The molecule has 1 amide bonds. The second-order valence-corrected chi connectivity index (χ2v) is 4.73. The monoisotopic (exact) mass is 296 g/mol. The fourth-order valence-electron chi connectivity index (χ4n) is 1.57. The highest BCUT2D eigenvalue weighted by atomic mass is 32.1. The molecule has 9 nitrogen and oxygen atoms in total. The quantitative estimate of drug-likeness (QED) is 0.700. The Morgan fingerprint density at radius 2 is 2.30 bits per heavy atom. The van der Waals surface area contributed by atoms with Gasteiger partial charge in [0, 0.05) is 18.8 Å². The number of nitrogens with two attached hydrogens (primary N) is 1. The largest absolute Gasteiger partial charge is 0.476 e. The second-order valence-electron chi connectivity index (χ2n) is 3.88. The molecule has 0 saturated heterocycles. The number of aromatic carboxylic acids is 1. The van der Waals surface area contributed by atoms with Crippen LogP contribution >= 0.6 is 11.3 Å². The number of hydrogen-bond donors (Lipinski definition) is 3. The van der Waals surface area contributed by atoms with Gasteiger partial charge < -0.3 is 16.2 Å². The number of carbonyl (C=O) groups is 2. The van der Waals surface area contributed by atoms with E-state index in [1.54, 1.807) is 5.38 Å². The Morgan fingerprint density at radius 3 is 2.90 bits per heavy atom. The highest BCUT2D eigenvalue weighted by Gasteiger charge is 2.18. The predicted molar refractivity (Wildman–Crippen MR) is 70.4 cm³/mol. The van der Waals surface area contributed by atoms with Crippen LogP contribution in [0.2, 0.25) is 0 Å². The molecule has 2 heterocycles. The summed E-state index contributed by atoms with van der Waals surface area (Å²) >= 11 is 1.27. The Morgan fingerprint density at radius 1 is 1.55 bits per heavy atom. The number of aromatic nitrogens is 4. The van der Waals surface area contributed by atoms with Crippen LogP contribution in [0.15, 0.2) is 5.38 Å². The van der Waals surface area contributed by atoms with Crippen LogP contribution < -0.4 is 11.1 Å². The minimum Gasteiger partial charge on any atom is -0.476 e. The van der Waals surface area contributed by atoms with Gasteiger partial charge in [0.25, 0.3) is 0 Å². The van der Waals surface area contributed by atoms with Crippen LogP contribution in [0.1, 0.15) is 28.8 Å². The number of nitrogens with zero attached hydrogens (tertiary/aromatic N) is 4. The van der Waals surface area contributed by atoms with Crippen molar-refractivity contribution in [2.24, 2.45) is 5.73 Å². The van der Waals surface area contributed by atoms with E-state index in [0.717, 1.165) is 0 Å². The number of hydrogen-bond acceptors (Lipinski definition) is 7. The van der Waals surface area contributed by atoms with Crippen molar-refractivity contribution < 1.29 is 14.7 Å². The summed E-state index contributed by atoms with van der Waals surface area (Å²) in [7, 11) is 0. The minimum atomic E-state index is -1.17. The zero-order valence-electron chi connectivity index (χ0n) is 10.5. The molecule has 20 heavy (non-hydrogen) atoms. The molecule has 0 bridgehead atoms. The van der Waals surface area contributed by atoms with Gasteiger partial charge in [-0.15, -0.1) is 16.4 Å². The molecule has 0 fully saturated rings. The Kier molecular flexibility index (Phi) is 4.05. The first-order valence-electron chi connectivity index (χ1n) is 5.59. The van der Waals surface area contributed by atoms with Gasteiger partial charge in [-0.1, -0.05) is 5.21 Å². The van der Waals surface area contributed by atoms with Gasteiger partial charge in [-0.25, -0.2) is 14.5 Å². The summed E-state index contributed by atoms with van der Waals surface area (Å²) in [4.78, 5) is 26.0. The minimum absolute atomic E-state index is 0.0112. The lowest BCUT2D eigenvalue weighted by atomic mass is 10.3. The van der Waals surface area contributed by atoms with Crippen molar-refractivity contribution in [3.8, 4) is 0 Å². The molecular weight excluding hydrogens is 284 g/mol. The fourth-order valence-corrected chi connectivity index (χ4v) is 2.32. The number of carboxylic acids is 1. The zero-order valence-corrected chi connectivity index (χ0v) is 11.3. The van der Waals surface area contributed by atoms with Crippen molar-refractivity contribution in [3.63, 3.8) is 0 Å². The molecule has 106 valence electrons. The molecular formula is C10H12N6O3S. The van der Waals surface area contributed by atoms with E-state index < -0.39 is 5.97 Å². The highest BCUT2D eigenvalue weighted by Crippen LogP contribution is 2.17. The average Bonchev–Trinajstić information content (AvgIpc) is 2.95.